The molecule has 6 heteroatoms. The maximum atomic E-state index is 10.7. The molecule has 2 aromatic heterocycles. The Kier molecular flexibility index (Phi) is 7.75. The minimum Gasteiger partial charge on any atom is -0.507 e. The summed E-state index contributed by atoms with van der Waals surface area (Å²) < 4.78 is 0. The van der Waals surface area contributed by atoms with Gasteiger partial charge in [0.2, 0.25) is 0 Å². The molecule has 6 nitrogen and oxygen atoms in total. The molecule has 46 heavy (non-hydrogen) atoms. The third-order valence-corrected chi connectivity index (χ3v) is 7.88. The Hall–Kier alpha value is -6.14. The summed E-state index contributed by atoms with van der Waals surface area (Å²) in [5.41, 5.74) is 8.79. The number of benzene rings is 5. The van der Waals surface area contributed by atoms with Crippen LogP contribution in [0, 0.1) is 13.8 Å². The average Bonchev–Trinajstić information content (AvgIpc) is 3.11. The van der Waals surface area contributed by atoms with Crippen LogP contribution in [0.25, 0.3) is 45.3 Å². The van der Waals surface area contributed by atoms with Crippen LogP contribution >= 0.6 is 0 Å². The van der Waals surface area contributed by atoms with Gasteiger partial charge >= 0.3 is 0 Å². The molecule has 1 N–H and O–H groups in total. The van der Waals surface area contributed by atoms with Gasteiger partial charge in [-0.25, -0.2) is 19.9 Å². The Morgan fingerprint density at radius 1 is 0.500 bits per heavy atom. The fourth-order valence-electron chi connectivity index (χ4n) is 5.76. The minimum absolute atomic E-state index is 0.110. The largest absolute Gasteiger partial charge is 0.507 e. The molecule has 0 saturated heterocycles. The van der Waals surface area contributed by atoms with E-state index in [0.29, 0.717) is 23.0 Å². The first-order chi connectivity index (χ1) is 22.5. The molecule has 0 amide bonds. The van der Waals surface area contributed by atoms with Gasteiger partial charge in [0.25, 0.3) is 0 Å². The molecule has 0 aliphatic heterocycles. The van der Waals surface area contributed by atoms with E-state index < -0.39 is 0 Å². The first-order valence-corrected chi connectivity index (χ1v) is 15.1. The zero-order chi connectivity index (χ0) is 31.5. The van der Waals surface area contributed by atoms with Gasteiger partial charge in [-0.2, -0.15) is 0 Å². The van der Waals surface area contributed by atoms with Crippen molar-refractivity contribution in [1.82, 2.24) is 19.9 Å². The van der Waals surface area contributed by atoms with Crippen molar-refractivity contribution in [2.45, 2.75) is 13.8 Å². The SMILES string of the molecule is Cc1cc(-c2ccccc2)cc(C)c1N(c1cccc(-c2nc(-c3ccccc3)nc(-c3ccccc3O)n2)c1)c1ccccn1. The lowest BCUT2D eigenvalue weighted by molar-refractivity contribution is 0.477. The lowest BCUT2D eigenvalue weighted by Crippen LogP contribution is -2.14. The third-order valence-electron chi connectivity index (χ3n) is 7.88. The first-order valence-electron chi connectivity index (χ1n) is 15.1. The van der Waals surface area contributed by atoms with Gasteiger partial charge in [-0.1, -0.05) is 91.0 Å². The maximum absolute atomic E-state index is 10.7. The minimum atomic E-state index is 0.110. The van der Waals surface area contributed by atoms with Crippen molar-refractivity contribution >= 4 is 17.2 Å². The summed E-state index contributed by atoms with van der Waals surface area (Å²) in [6.45, 7) is 4.29. The Balaban J connectivity index is 1.39. The molecule has 0 fully saturated rings. The number of hydrogen-bond donors (Lipinski definition) is 1. The number of anilines is 3. The average molecular weight is 598 g/mol. The summed E-state index contributed by atoms with van der Waals surface area (Å²) >= 11 is 0. The van der Waals surface area contributed by atoms with Gasteiger partial charge in [-0.15, -0.1) is 0 Å². The highest BCUT2D eigenvalue weighted by molar-refractivity contribution is 5.83. The highest BCUT2D eigenvalue weighted by atomic mass is 16.3. The number of nitrogens with zero attached hydrogens (tertiary/aromatic N) is 5. The number of aryl methyl sites for hydroxylation is 2. The Morgan fingerprint density at radius 2 is 1.09 bits per heavy atom. The van der Waals surface area contributed by atoms with Gasteiger partial charge in [0.1, 0.15) is 11.6 Å². The van der Waals surface area contributed by atoms with Crippen molar-refractivity contribution in [1.29, 1.82) is 0 Å². The van der Waals surface area contributed by atoms with E-state index in [1.807, 2.05) is 85.1 Å². The van der Waals surface area contributed by atoms with Crippen molar-refractivity contribution < 1.29 is 5.11 Å². The second-order valence-electron chi connectivity index (χ2n) is 11.1. The molecule has 222 valence electrons. The van der Waals surface area contributed by atoms with Crippen LogP contribution < -0.4 is 4.90 Å². The molecule has 5 aromatic carbocycles. The zero-order valence-corrected chi connectivity index (χ0v) is 25.5. The molecule has 0 aliphatic carbocycles. The van der Waals surface area contributed by atoms with E-state index in [0.717, 1.165) is 39.4 Å². The number of pyridine rings is 1. The molecule has 7 rings (SSSR count). The zero-order valence-electron chi connectivity index (χ0n) is 25.5. The quantitative estimate of drug-likeness (QED) is 0.197. The van der Waals surface area contributed by atoms with E-state index in [1.165, 1.54) is 11.1 Å². The Bertz CT molecular complexity index is 2110. The lowest BCUT2D eigenvalue weighted by Gasteiger charge is -2.28. The Labute approximate surface area is 268 Å². The predicted molar refractivity (Wildman–Crippen MR) is 185 cm³/mol. The third kappa shape index (κ3) is 5.72. The van der Waals surface area contributed by atoms with Gasteiger partial charge < -0.3 is 5.11 Å². The fourth-order valence-corrected chi connectivity index (χ4v) is 5.76. The van der Waals surface area contributed by atoms with Crippen LogP contribution in [0.2, 0.25) is 0 Å². The van der Waals surface area contributed by atoms with E-state index in [9.17, 15) is 5.11 Å². The topological polar surface area (TPSA) is 75.0 Å². The molecule has 0 spiro atoms. The van der Waals surface area contributed by atoms with Crippen molar-refractivity contribution in [2.24, 2.45) is 0 Å². The highest BCUT2D eigenvalue weighted by Crippen LogP contribution is 2.41. The number of aromatic nitrogens is 4. The van der Waals surface area contributed by atoms with E-state index in [1.54, 1.807) is 12.1 Å². The summed E-state index contributed by atoms with van der Waals surface area (Å²) in [7, 11) is 0. The summed E-state index contributed by atoms with van der Waals surface area (Å²) in [5.74, 6) is 2.34. The molecule has 0 bridgehead atoms. The summed E-state index contributed by atoms with van der Waals surface area (Å²) in [4.78, 5) is 21.5. The molecule has 0 radical (unpaired) electrons. The van der Waals surface area contributed by atoms with Crippen molar-refractivity contribution in [3.8, 4) is 51.0 Å². The van der Waals surface area contributed by atoms with Crippen LogP contribution in [0.3, 0.4) is 0 Å². The number of hydrogen-bond acceptors (Lipinski definition) is 6. The summed E-state index contributed by atoms with van der Waals surface area (Å²) in [6, 6.07) is 45.9. The molecule has 0 unspecified atom stereocenters. The molecule has 2 heterocycles. The van der Waals surface area contributed by atoms with Crippen LogP contribution in [0.1, 0.15) is 11.1 Å². The Morgan fingerprint density at radius 3 is 1.76 bits per heavy atom. The monoisotopic (exact) mass is 597 g/mol. The fraction of sp³-hybridized carbons (Fsp3) is 0.0500. The van der Waals surface area contributed by atoms with Gasteiger partial charge in [-0.05, 0) is 84.6 Å². The molecule has 0 aliphatic rings. The van der Waals surface area contributed by atoms with Crippen molar-refractivity contribution in [3.05, 3.63) is 157 Å². The van der Waals surface area contributed by atoms with Gasteiger partial charge in [0.15, 0.2) is 17.5 Å². The van der Waals surface area contributed by atoms with Gasteiger partial charge in [0.05, 0.1) is 11.3 Å². The smallest absolute Gasteiger partial charge is 0.167 e. The standard InChI is InChI=1S/C40H31N5O/c1-27-24-32(29-14-5-3-6-15-29)25-28(2)37(27)45(36-22-11-12-23-41-36)33-19-13-18-31(26-33)39-42-38(30-16-7-4-8-17-30)43-40(44-39)34-20-9-10-21-35(34)46/h3-26,46H,1-2H3. The van der Waals surface area contributed by atoms with Crippen molar-refractivity contribution in [3.63, 3.8) is 0 Å². The van der Waals surface area contributed by atoms with E-state index in [2.05, 4.69) is 67.3 Å². The maximum Gasteiger partial charge on any atom is 0.167 e. The second-order valence-corrected chi connectivity index (χ2v) is 11.1. The number of phenolic OH excluding ortho intramolecular Hbond substituents is 1. The first kappa shape index (κ1) is 28.6. The number of phenols is 1. The predicted octanol–water partition coefficient (Wildman–Crippen LogP) is 9.73. The summed E-state index contributed by atoms with van der Waals surface area (Å²) in [5, 5.41) is 10.7. The van der Waals surface area contributed by atoms with E-state index >= 15 is 0 Å². The van der Waals surface area contributed by atoms with Crippen LogP contribution in [0.4, 0.5) is 17.2 Å². The molecule has 0 saturated carbocycles. The van der Waals surface area contributed by atoms with Crippen LogP contribution in [-0.2, 0) is 0 Å². The molecule has 0 atom stereocenters. The molecule has 7 aromatic rings. The molecular formula is C40H31N5O. The van der Waals surface area contributed by atoms with Crippen LogP contribution in [0.5, 0.6) is 5.75 Å². The van der Waals surface area contributed by atoms with E-state index in [-0.39, 0.29) is 5.75 Å². The van der Waals surface area contributed by atoms with Gasteiger partial charge in [-0.3, -0.25) is 4.90 Å². The van der Waals surface area contributed by atoms with Crippen LogP contribution in [0.15, 0.2) is 146 Å². The number of rotatable bonds is 7. The molecular weight excluding hydrogens is 566 g/mol. The normalized spacial score (nSPS) is 10.9. The highest BCUT2D eigenvalue weighted by Gasteiger charge is 2.21. The second kappa shape index (κ2) is 12.5. The van der Waals surface area contributed by atoms with Crippen molar-refractivity contribution in [2.75, 3.05) is 4.90 Å². The summed E-state index contributed by atoms with van der Waals surface area (Å²) in [6.07, 6.45) is 1.81. The number of para-hydroxylation sites is 1. The van der Waals surface area contributed by atoms with E-state index in [4.69, 9.17) is 19.9 Å². The lowest BCUT2D eigenvalue weighted by atomic mass is 9.97. The van der Waals surface area contributed by atoms with Crippen LogP contribution in [-0.4, -0.2) is 25.0 Å². The van der Waals surface area contributed by atoms with Gasteiger partial charge in [0, 0.05) is 23.0 Å². The number of aromatic hydroxyl groups is 1.